The lowest BCUT2D eigenvalue weighted by atomic mass is 10.2. The molecule has 110 valence electrons. The molecule has 20 heavy (non-hydrogen) atoms. The Morgan fingerprint density at radius 2 is 2.05 bits per heavy atom. The van der Waals surface area contributed by atoms with Gasteiger partial charge in [-0.2, -0.15) is 0 Å². The monoisotopic (exact) mass is 283 g/mol. The van der Waals surface area contributed by atoms with Crippen molar-refractivity contribution in [2.45, 2.75) is 25.8 Å². The molecule has 0 spiro atoms. The minimum atomic E-state index is -2.45. The van der Waals surface area contributed by atoms with Gasteiger partial charge < -0.3 is 14.5 Å². The number of ether oxygens (including phenoxy) is 1. The summed E-state index contributed by atoms with van der Waals surface area (Å²) in [6, 6.07) is 9.39. The molecule has 2 aromatic rings. The average molecular weight is 283 g/mol. The highest BCUT2D eigenvalue weighted by Gasteiger charge is 2.17. The van der Waals surface area contributed by atoms with Crippen molar-refractivity contribution in [2.75, 3.05) is 19.8 Å². The first-order chi connectivity index (χ1) is 9.70. The summed E-state index contributed by atoms with van der Waals surface area (Å²) < 4.78 is 35.1. The third kappa shape index (κ3) is 4.02. The molecule has 0 fully saturated rings. The minimum Gasteiger partial charge on any atom is -0.459 e. The van der Waals surface area contributed by atoms with Crippen LogP contribution in [0, 0.1) is 0 Å². The number of hydrogen-bond acceptors (Lipinski definition) is 3. The highest BCUT2D eigenvalue weighted by atomic mass is 19.3. The van der Waals surface area contributed by atoms with Gasteiger partial charge in [-0.25, -0.2) is 8.78 Å². The quantitative estimate of drug-likeness (QED) is 0.801. The second-order valence-electron chi connectivity index (χ2n) is 4.62. The molecule has 1 unspecified atom stereocenters. The Morgan fingerprint density at radius 1 is 1.25 bits per heavy atom. The summed E-state index contributed by atoms with van der Waals surface area (Å²) in [6.07, 6.45) is -1.50. The molecule has 0 saturated carbocycles. The first-order valence-electron chi connectivity index (χ1n) is 6.78. The Hall–Kier alpha value is -1.46. The van der Waals surface area contributed by atoms with Crippen molar-refractivity contribution < 1.29 is 17.9 Å². The number of alkyl halides is 2. The second-order valence-corrected chi connectivity index (χ2v) is 4.62. The van der Waals surface area contributed by atoms with E-state index in [1.165, 1.54) is 0 Å². The van der Waals surface area contributed by atoms with E-state index in [0.29, 0.717) is 5.76 Å². The molecule has 1 aromatic heterocycles. The van der Waals surface area contributed by atoms with Crippen molar-refractivity contribution in [3.8, 4) is 0 Å². The highest BCUT2D eigenvalue weighted by Crippen LogP contribution is 2.24. The van der Waals surface area contributed by atoms with Crippen LogP contribution in [0.3, 0.4) is 0 Å². The van der Waals surface area contributed by atoms with Crippen molar-refractivity contribution in [1.29, 1.82) is 0 Å². The molecule has 0 bridgehead atoms. The van der Waals surface area contributed by atoms with Gasteiger partial charge in [0.15, 0.2) is 0 Å². The van der Waals surface area contributed by atoms with Crippen molar-refractivity contribution in [1.82, 2.24) is 5.32 Å². The molecule has 0 saturated heterocycles. The average Bonchev–Trinajstić information content (AvgIpc) is 2.85. The van der Waals surface area contributed by atoms with Crippen molar-refractivity contribution in [3.05, 3.63) is 36.1 Å². The number of halogens is 2. The molecule has 0 radical (unpaired) electrons. The van der Waals surface area contributed by atoms with Crippen LogP contribution >= 0.6 is 0 Å². The summed E-state index contributed by atoms with van der Waals surface area (Å²) >= 11 is 0. The number of furan rings is 1. The largest absolute Gasteiger partial charge is 0.459 e. The zero-order valence-electron chi connectivity index (χ0n) is 11.4. The lowest BCUT2D eigenvalue weighted by Gasteiger charge is -2.16. The second kappa shape index (κ2) is 7.36. The van der Waals surface area contributed by atoms with Gasteiger partial charge in [-0.3, -0.25) is 0 Å². The van der Waals surface area contributed by atoms with E-state index in [4.69, 9.17) is 9.15 Å². The molecular formula is C15H19F2NO2. The highest BCUT2D eigenvalue weighted by molar-refractivity contribution is 5.77. The summed E-state index contributed by atoms with van der Waals surface area (Å²) in [4.78, 5) is 0. The van der Waals surface area contributed by atoms with Crippen LogP contribution in [-0.2, 0) is 4.74 Å². The summed E-state index contributed by atoms with van der Waals surface area (Å²) in [5.74, 6) is 0.717. The van der Waals surface area contributed by atoms with Gasteiger partial charge >= 0.3 is 0 Å². The lowest BCUT2D eigenvalue weighted by Crippen LogP contribution is -2.26. The molecule has 1 N–H and O–H groups in total. The number of fused-ring (bicyclic) bond motifs is 1. The zero-order valence-corrected chi connectivity index (χ0v) is 11.4. The van der Waals surface area contributed by atoms with Gasteiger partial charge in [0.25, 0.3) is 6.43 Å². The Labute approximate surface area is 116 Å². The van der Waals surface area contributed by atoms with Crippen LogP contribution in [0.2, 0.25) is 0 Å². The number of rotatable bonds is 8. The summed E-state index contributed by atoms with van der Waals surface area (Å²) in [5, 5.41) is 4.26. The topological polar surface area (TPSA) is 34.4 Å². The van der Waals surface area contributed by atoms with E-state index < -0.39 is 13.0 Å². The van der Waals surface area contributed by atoms with Crippen molar-refractivity contribution >= 4 is 11.0 Å². The maximum absolute atomic E-state index is 12.1. The smallest absolute Gasteiger partial charge is 0.261 e. The van der Waals surface area contributed by atoms with E-state index in [2.05, 4.69) is 5.32 Å². The molecule has 1 heterocycles. The fourth-order valence-electron chi connectivity index (χ4n) is 2.01. The molecule has 3 nitrogen and oxygen atoms in total. The molecule has 1 aromatic carbocycles. The standard InChI is InChI=1S/C15H19F2NO2/c1-2-7-18-12(9-19-10-15(16)17)14-8-11-5-3-4-6-13(11)20-14/h3-6,8,12,15,18H,2,7,9-10H2,1H3. The van der Waals surface area contributed by atoms with Crippen molar-refractivity contribution in [2.24, 2.45) is 0 Å². The number of nitrogens with one attached hydrogen (secondary N) is 1. The van der Waals surface area contributed by atoms with Gasteiger partial charge in [-0.05, 0) is 25.1 Å². The minimum absolute atomic E-state index is 0.171. The first kappa shape index (κ1) is 14.9. The maximum atomic E-state index is 12.1. The fourth-order valence-corrected chi connectivity index (χ4v) is 2.01. The van der Waals surface area contributed by atoms with E-state index in [-0.39, 0.29) is 12.6 Å². The molecule has 2 rings (SSSR count). The predicted octanol–water partition coefficient (Wildman–Crippen LogP) is 3.76. The maximum Gasteiger partial charge on any atom is 0.261 e. The van der Waals surface area contributed by atoms with E-state index >= 15 is 0 Å². The van der Waals surface area contributed by atoms with E-state index in [9.17, 15) is 8.78 Å². The van der Waals surface area contributed by atoms with Crippen molar-refractivity contribution in [3.63, 3.8) is 0 Å². The summed E-state index contributed by atoms with van der Waals surface area (Å²) in [5.41, 5.74) is 0.791. The Kier molecular flexibility index (Phi) is 5.49. The van der Waals surface area contributed by atoms with Crippen LogP contribution in [-0.4, -0.2) is 26.2 Å². The normalized spacial score (nSPS) is 13.2. The van der Waals surface area contributed by atoms with Crippen LogP contribution in [0.15, 0.2) is 34.7 Å². The number of hydrogen-bond donors (Lipinski definition) is 1. The molecule has 0 aliphatic heterocycles. The fraction of sp³-hybridized carbons (Fsp3) is 0.467. The van der Waals surface area contributed by atoms with Crippen LogP contribution < -0.4 is 5.32 Å². The summed E-state index contributed by atoms with van der Waals surface area (Å²) in [7, 11) is 0. The SMILES string of the molecule is CCCNC(COCC(F)F)c1cc2ccccc2o1. The van der Waals surface area contributed by atoms with Gasteiger partial charge in [-0.1, -0.05) is 25.1 Å². The molecule has 0 aliphatic carbocycles. The van der Waals surface area contributed by atoms with Gasteiger partial charge in [0.2, 0.25) is 0 Å². The first-order valence-corrected chi connectivity index (χ1v) is 6.78. The molecular weight excluding hydrogens is 264 g/mol. The molecule has 5 heteroatoms. The van der Waals surface area contributed by atoms with Crippen LogP contribution in [0.1, 0.15) is 25.1 Å². The third-order valence-corrected chi connectivity index (χ3v) is 2.96. The Morgan fingerprint density at radius 3 is 2.75 bits per heavy atom. The van der Waals surface area contributed by atoms with E-state index in [0.717, 1.165) is 23.9 Å². The molecule has 0 amide bonds. The zero-order chi connectivity index (χ0) is 14.4. The van der Waals surface area contributed by atoms with Gasteiger partial charge in [-0.15, -0.1) is 0 Å². The van der Waals surface area contributed by atoms with Crippen LogP contribution in [0.5, 0.6) is 0 Å². The van der Waals surface area contributed by atoms with E-state index in [1.807, 2.05) is 37.3 Å². The third-order valence-electron chi connectivity index (χ3n) is 2.96. The predicted molar refractivity (Wildman–Crippen MR) is 74.1 cm³/mol. The Balaban J connectivity index is 2.07. The van der Waals surface area contributed by atoms with Crippen LogP contribution in [0.25, 0.3) is 11.0 Å². The number of benzene rings is 1. The van der Waals surface area contributed by atoms with Gasteiger partial charge in [0.1, 0.15) is 18.0 Å². The molecule has 0 aliphatic rings. The Bertz CT molecular complexity index is 494. The van der Waals surface area contributed by atoms with Gasteiger partial charge in [0, 0.05) is 5.39 Å². The van der Waals surface area contributed by atoms with E-state index in [1.54, 1.807) is 0 Å². The lowest BCUT2D eigenvalue weighted by molar-refractivity contribution is 0.00741. The number of para-hydroxylation sites is 1. The van der Waals surface area contributed by atoms with Gasteiger partial charge in [0.05, 0.1) is 12.6 Å². The summed E-state index contributed by atoms with van der Waals surface area (Å²) in [6.45, 7) is 2.44. The molecule has 1 atom stereocenters. The van der Waals surface area contributed by atoms with Crippen LogP contribution in [0.4, 0.5) is 8.78 Å².